The molecule has 36 valence electrons. The van der Waals surface area contributed by atoms with Crippen molar-refractivity contribution in [2.75, 3.05) is 6.66 Å². The summed E-state index contributed by atoms with van der Waals surface area (Å²) >= 11 is 0. The van der Waals surface area contributed by atoms with Crippen molar-refractivity contribution in [2.24, 2.45) is 0 Å². The molecule has 1 aliphatic rings. The first kappa shape index (κ1) is 4.88. The Morgan fingerprint density at radius 3 is 2.17 bits per heavy atom. The lowest BCUT2D eigenvalue weighted by Gasteiger charge is -1.84. The summed E-state index contributed by atoms with van der Waals surface area (Å²) in [6, 6.07) is 0. The topological polar surface area (TPSA) is 0 Å². The van der Waals surface area contributed by atoms with Crippen LogP contribution in [0.15, 0.2) is 0 Å². The van der Waals surface area contributed by atoms with Crippen molar-refractivity contribution in [1.29, 1.82) is 0 Å². The minimum absolute atomic E-state index is 0.0350. The van der Waals surface area contributed by atoms with E-state index < -0.39 is 0 Å². The van der Waals surface area contributed by atoms with Crippen LogP contribution in [0.1, 0.15) is 12.8 Å². The summed E-state index contributed by atoms with van der Waals surface area (Å²) < 4.78 is 0. The van der Waals surface area contributed by atoms with Gasteiger partial charge in [-0.2, -0.15) is 0 Å². The Morgan fingerprint density at radius 2 is 2.17 bits per heavy atom. The molecule has 0 aromatic rings. The summed E-state index contributed by atoms with van der Waals surface area (Å²) in [7, 11) is 3.61. The van der Waals surface area contributed by atoms with E-state index in [1.807, 2.05) is 0 Å². The average Bonchev–Trinajstić information content (AvgIpc) is 2.06. The summed E-state index contributed by atoms with van der Waals surface area (Å²) in [6.45, 7) is 2.32. The summed E-state index contributed by atoms with van der Waals surface area (Å²) in [5.74, 6) is 0. The molecule has 0 heterocycles. The second-order valence-corrected chi connectivity index (χ2v) is 6.51. The first-order valence-corrected chi connectivity index (χ1v) is 5.93. The normalized spacial score (nSPS) is 26.8. The van der Waals surface area contributed by atoms with Crippen LogP contribution in [0.2, 0.25) is 0 Å². The second-order valence-electron chi connectivity index (χ2n) is 1.96. The van der Waals surface area contributed by atoms with Crippen molar-refractivity contribution in [3.63, 3.8) is 0 Å². The van der Waals surface area contributed by atoms with Crippen LogP contribution in [0, 0.1) is 0 Å². The van der Waals surface area contributed by atoms with E-state index in [2.05, 4.69) is 15.2 Å². The third-order valence-corrected chi connectivity index (χ3v) is 4.22. The molecule has 1 saturated carbocycles. The molecule has 6 heavy (non-hydrogen) atoms. The highest BCUT2D eigenvalue weighted by Gasteiger charge is 2.20. The minimum Gasteiger partial charge on any atom is -0.129 e. The Bertz CT molecular complexity index is 73.6. The zero-order valence-corrected chi connectivity index (χ0v) is 5.99. The number of rotatable bonds is 1. The third-order valence-electron chi connectivity index (χ3n) is 1.19. The van der Waals surface area contributed by atoms with E-state index in [9.17, 15) is 0 Å². The average molecular weight is 120 g/mol. The third kappa shape index (κ3) is 1.10. The molecule has 0 N–H and O–H groups in total. The Labute approximate surface area is 41.7 Å². The SMILES string of the molecule is C[PH](=P)C1CC1. The lowest BCUT2D eigenvalue weighted by Crippen LogP contribution is -1.59. The quantitative estimate of drug-likeness (QED) is 0.464. The fourth-order valence-electron chi connectivity index (χ4n) is 0.516. The van der Waals surface area contributed by atoms with Crippen molar-refractivity contribution in [3.8, 4) is 0 Å². The molecule has 0 aromatic heterocycles. The van der Waals surface area contributed by atoms with Gasteiger partial charge in [0, 0.05) is 0 Å². The van der Waals surface area contributed by atoms with Crippen LogP contribution in [-0.4, -0.2) is 12.3 Å². The van der Waals surface area contributed by atoms with Crippen LogP contribution >= 0.6 is 15.7 Å². The van der Waals surface area contributed by atoms with Crippen molar-refractivity contribution >= 4 is 15.7 Å². The van der Waals surface area contributed by atoms with E-state index in [1.165, 1.54) is 12.8 Å². The monoisotopic (exact) mass is 120 g/mol. The van der Waals surface area contributed by atoms with Crippen molar-refractivity contribution in [2.45, 2.75) is 18.5 Å². The van der Waals surface area contributed by atoms with Gasteiger partial charge in [-0.1, -0.05) is 7.21 Å². The van der Waals surface area contributed by atoms with Gasteiger partial charge in [0.2, 0.25) is 0 Å². The Hall–Kier alpha value is 0.730. The summed E-state index contributed by atoms with van der Waals surface area (Å²) in [5.41, 5.74) is 1.12. The van der Waals surface area contributed by atoms with Gasteiger partial charge in [0.1, 0.15) is 0 Å². The Morgan fingerprint density at radius 1 is 1.67 bits per heavy atom. The maximum Gasteiger partial charge on any atom is -0.0204 e. The maximum absolute atomic E-state index is 3.65. The van der Waals surface area contributed by atoms with Crippen LogP contribution in [-0.2, 0) is 0 Å². The van der Waals surface area contributed by atoms with Crippen molar-refractivity contribution < 1.29 is 0 Å². The molecule has 0 bridgehead atoms. The van der Waals surface area contributed by atoms with Gasteiger partial charge in [-0.05, 0) is 25.2 Å². The van der Waals surface area contributed by atoms with Gasteiger partial charge in [0.15, 0.2) is 0 Å². The predicted octanol–water partition coefficient (Wildman–Crippen LogP) is 2.05. The molecule has 0 nitrogen and oxygen atoms in total. The molecule has 0 spiro atoms. The van der Waals surface area contributed by atoms with Crippen molar-refractivity contribution in [1.82, 2.24) is 0 Å². The van der Waals surface area contributed by atoms with Gasteiger partial charge in [-0.3, -0.25) is 0 Å². The fraction of sp³-hybridized carbons (Fsp3) is 1.00. The molecule has 1 fully saturated rings. The number of hydrogen-bond donors (Lipinski definition) is 0. The maximum atomic E-state index is 3.65. The smallest absolute Gasteiger partial charge is 0.0204 e. The Kier molecular flexibility index (Phi) is 1.37. The first-order valence-electron chi connectivity index (χ1n) is 2.36. The largest absolute Gasteiger partial charge is 0.129 e. The van der Waals surface area contributed by atoms with Crippen LogP contribution in [0.3, 0.4) is 0 Å². The molecule has 1 rings (SSSR count). The molecule has 0 saturated heterocycles. The lowest BCUT2D eigenvalue weighted by molar-refractivity contribution is 1.50. The van der Waals surface area contributed by atoms with Gasteiger partial charge < -0.3 is 0 Å². The number of hydrogen-bond acceptors (Lipinski definition) is 0. The van der Waals surface area contributed by atoms with Crippen LogP contribution in [0.5, 0.6) is 0 Å². The van der Waals surface area contributed by atoms with Gasteiger partial charge in [0.25, 0.3) is 0 Å². The molecular weight excluding hydrogens is 110 g/mol. The standard InChI is InChI=1S/C4H10P2/c1-6(5)4-2-3-4/h4-6H,2-3H2,1H3. The Balaban J connectivity index is 2.31. The first-order chi connectivity index (χ1) is 2.80. The summed E-state index contributed by atoms with van der Waals surface area (Å²) in [6.07, 6.45) is 2.99. The van der Waals surface area contributed by atoms with Gasteiger partial charge >= 0.3 is 0 Å². The molecule has 0 amide bonds. The summed E-state index contributed by atoms with van der Waals surface area (Å²) in [5, 5.41) is 0. The molecule has 1 aliphatic carbocycles. The van der Waals surface area contributed by atoms with Gasteiger partial charge in [-0.25, -0.2) is 0 Å². The second kappa shape index (κ2) is 1.68. The highest BCUT2D eigenvalue weighted by molar-refractivity contribution is 7.86. The van der Waals surface area contributed by atoms with E-state index in [4.69, 9.17) is 0 Å². The summed E-state index contributed by atoms with van der Waals surface area (Å²) in [4.78, 5) is 0. The molecule has 0 aromatic carbocycles. The lowest BCUT2D eigenvalue weighted by atomic mass is 11.0. The fourth-order valence-corrected chi connectivity index (χ4v) is 2.42. The predicted molar refractivity (Wildman–Crippen MR) is 35.6 cm³/mol. The molecular formula is C4H10P2. The molecule has 2 heteroatoms. The minimum atomic E-state index is -0.0350. The molecule has 1 unspecified atom stereocenters. The zero-order valence-electron chi connectivity index (χ0n) is 3.99. The van der Waals surface area contributed by atoms with E-state index in [1.54, 1.807) is 0 Å². The zero-order chi connectivity index (χ0) is 4.57. The highest BCUT2D eigenvalue weighted by atomic mass is 31.7. The molecule has 0 aliphatic heterocycles. The highest BCUT2D eigenvalue weighted by Crippen LogP contribution is 2.45. The molecule has 1 atom stereocenters. The molecule has 0 radical (unpaired) electrons. The van der Waals surface area contributed by atoms with E-state index >= 15 is 0 Å². The van der Waals surface area contributed by atoms with Crippen molar-refractivity contribution in [3.05, 3.63) is 0 Å². The van der Waals surface area contributed by atoms with Crippen LogP contribution < -0.4 is 0 Å². The van der Waals surface area contributed by atoms with E-state index in [0.29, 0.717) is 0 Å². The van der Waals surface area contributed by atoms with Crippen LogP contribution in [0.4, 0.5) is 0 Å². The van der Waals surface area contributed by atoms with Gasteiger partial charge in [-0.15, -0.1) is 8.53 Å². The van der Waals surface area contributed by atoms with Gasteiger partial charge in [0.05, 0.1) is 0 Å². The van der Waals surface area contributed by atoms with E-state index in [0.717, 1.165) is 5.66 Å². The van der Waals surface area contributed by atoms with E-state index in [-0.39, 0.29) is 7.21 Å². The van der Waals surface area contributed by atoms with Crippen LogP contribution in [0.25, 0.3) is 0 Å².